The monoisotopic (exact) mass is 379 g/mol. The third-order valence-corrected chi connectivity index (χ3v) is 6.24. The third kappa shape index (κ3) is 9.21. The van der Waals surface area contributed by atoms with Crippen LogP contribution in [0, 0.1) is 0 Å². The van der Waals surface area contributed by atoms with Crippen LogP contribution in [0.1, 0.15) is 113 Å². The Kier molecular flexibility index (Phi) is 13.6. The highest BCUT2D eigenvalue weighted by molar-refractivity contribution is 7.17. The molecule has 0 aromatic carbocycles. The molecule has 0 radical (unpaired) electrons. The Hall–Kier alpha value is -0.830. The van der Waals surface area contributed by atoms with Gasteiger partial charge in [0.2, 0.25) is 0 Å². The second-order valence-corrected chi connectivity index (χ2v) is 8.58. The summed E-state index contributed by atoms with van der Waals surface area (Å²) in [7, 11) is 0. The van der Waals surface area contributed by atoms with Crippen molar-refractivity contribution in [2.75, 3.05) is 18.0 Å². The molecule has 1 rings (SSSR count). The van der Waals surface area contributed by atoms with Crippen molar-refractivity contribution in [3.05, 3.63) is 16.5 Å². The fourth-order valence-electron chi connectivity index (χ4n) is 3.46. The molecule has 0 aliphatic rings. The molecule has 26 heavy (non-hydrogen) atoms. The van der Waals surface area contributed by atoms with Crippen LogP contribution in [-0.2, 0) is 6.42 Å². The van der Waals surface area contributed by atoms with Crippen LogP contribution in [0.2, 0.25) is 0 Å². The van der Waals surface area contributed by atoms with E-state index in [9.17, 15) is 4.79 Å². The number of rotatable bonds is 17. The van der Waals surface area contributed by atoms with Crippen LogP contribution in [-0.4, -0.2) is 19.4 Å². The molecule has 0 spiro atoms. The molecule has 3 heteroatoms. The van der Waals surface area contributed by atoms with Crippen molar-refractivity contribution >= 4 is 22.6 Å². The Morgan fingerprint density at radius 1 is 0.808 bits per heavy atom. The van der Waals surface area contributed by atoms with Gasteiger partial charge in [-0.15, -0.1) is 11.3 Å². The molecule has 0 saturated heterocycles. The lowest BCUT2D eigenvalue weighted by Crippen LogP contribution is -2.25. The minimum atomic E-state index is 0.901. The summed E-state index contributed by atoms with van der Waals surface area (Å²) in [6.45, 7) is 9.09. The van der Waals surface area contributed by atoms with Gasteiger partial charge in [-0.3, -0.25) is 4.79 Å². The number of thiophene rings is 1. The van der Waals surface area contributed by atoms with Gasteiger partial charge in [-0.05, 0) is 37.3 Å². The fourth-order valence-corrected chi connectivity index (χ4v) is 4.54. The van der Waals surface area contributed by atoms with Crippen molar-refractivity contribution in [1.29, 1.82) is 0 Å². The van der Waals surface area contributed by atoms with Gasteiger partial charge in [0.1, 0.15) is 0 Å². The van der Waals surface area contributed by atoms with Gasteiger partial charge in [-0.25, -0.2) is 0 Å². The smallest absolute Gasteiger partial charge is 0.160 e. The Bertz CT molecular complexity index is 457. The van der Waals surface area contributed by atoms with Crippen molar-refractivity contribution in [3.63, 3.8) is 0 Å². The van der Waals surface area contributed by atoms with Gasteiger partial charge < -0.3 is 4.90 Å². The largest absolute Gasteiger partial charge is 0.363 e. The van der Waals surface area contributed by atoms with Gasteiger partial charge in [0.15, 0.2) is 6.29 Å². The Morgan fingerprint density at radius 3 is 1.85 bits per heavy atom. The molecule has 1 heterocycles. The van der Waals surface area contributed by atoms with Crippen LogP contribution in [0.5, 0.6) is 0 Å². The first-order valence-corrected chi connectivity index (χ1v) is 11.9. The van der Waals surface area contributed by atoms with Crippen molar-refractivity contribution in [2.24, 2.45) is 0 Å². The molecule has 1 aromatic rings. The van der Waals surface area contributed by atoms with Crippen molar-refractivity contribution in [2.45, 2.75) is 104 Å². The molecule has 0 fully saturated rings. The minimum Gasteiger partial charge on any atom is -0.363 e. The summed E-state index contributed by atoms with van der Waals surface area (Å²) >= 11 is 1.72. The minimum absolute atomic E-state index is 0.901. The van der Waals surface area contributed by atoms with E-state index in [1.807, 2.05) is 0 Å². The zero-order valence-corrected chi connectivity index (χ0v) is 18.3. The van der Waals surface area contributed by atoms with Crippen LogP contribution in [0.15, 0.2) is 6.07 Å². The second-order valence-electron chi connectivity index (χ2n) is 7.52. The van der Waals surface area contributed by atoms with E-state index < -0.39 is 0 Å². The van der Waals surface area contributed by atoms with Crippen molar-refractivity contribution < 1.29 is 4.79 Å². The zero-order chi connectivity index (χ0) is 19.0. The van der Waals surface area contributed by atoms with E-state index in [1.165, 1.54) is 87.6 Å². The van der Waals surface area contributed by atoms with E-state index >= 15 is 0 Å². The molecule has 150 valence electrons. The fraction of sp³-hybridized carbons (Fsp3) is 0.783. The molecule has 0 N–H and O–H groups in total. The molecule has 0 bridgehead atoms. The first kappa shape index (κ1) is 23.2. The highest BCUT2D eigenvalue weighted by Gasteiger charge is 2.15. The standard InChI is InChI=1S/C23H41NOS/c1-4-7-10-13-16-21-19-22(20-25)26-23(21)24(17-14-11-8-5-2)18-15-12-9-6-3/h19-20H,4-18H2,1-3H3. The van der Waals surface area contributed by atoms with Crippen LogP contribution < -0.4 is 4.90 Å². The van der Waals surface area contributed by atoms with E-state index in [2.05, 4.69) is 31.7 Å². The van der Waals surface area contributed by atoms with E-state index in [0.717, 1.165) is 30.7 Å². The summed E-state index contributed by atoms with van der Waals surface area (Å²) in [6, 6.07) is 2.16. The summed E-state index contributed by atoms with van der Waals surface area (Å²) in [5.74, 6) is 0. The van der Waals surface area contributed by atoms with Gasteiger partial charge in [-0.1, -0.05) is 78.6 Å². The lowest BCUT2D eigenvalue weighted by Gasteiger charge is -2.25. The Labute approximate surface area is 166 Å². The quantitative estimate of drug-likeness (QED) is 0.205. The third-order valence-electron chi connectivity index (χ3n) is 5.07. The molecule has 0 amide bonds. The van der Waals surface area contributed by atoms with Gasteiger partial charge in [-0.2, -0.15) is 0 Å². The first-order valence-electron chi connectivity index (χ1n) is 11.1. The maximum absolute atomic E-state index is 11.4. The molecule has 0 aliphatic heterocycles. The summed E-state index contributed by atoms with van der Waals surface area (Å²) in [5, 5.41) is 1.39. The first-order chi connectivity index (χ1) is 12.8. The normalized spacial score (nSPS) is 11.0. The molecule has 0 atom stereocenters. The number of hydrogen-bond acceptors (Lipinski definition) is 3. The van der Waals surface area contributed by atoms with E-state index in [1.54, 1.807) is 11.3 Å². The Balaban J connectivity index is 2.75. The lowest BCUT2D eigenvalue weighted by molar-refractivity contribution is 0.112. The highest BCUT2D eigenvalue weighted by atomic mass is 32.1. The molecule has 0 aliphatic carbocycles. The Morgan fingerprint density at radius 2 is 1.35 bits per heavy atom. The van der Waals surface area contributed by atoms with Gasteiger partial charge in [0.25, 0.3) is 0 Å². The van der Waals surface area contributed by atoms with E-state index in [-0.39, 0.29) is 0 Å². The maximum atomic E-state index is 11.4. The number of carbonyl (C=O) groups excluding carboxylic acids is 1. The lowest BCUT2D eigenvalue weighted by atomic mass is 10.1. The number of hydrogen-bond donors (Lipinski definition) is 0. The van der Waals surface area contributed by atoms with Crippen LogP contribution in [0.4, 0.5) is 5.00 Å². The maximum Gasteiger partial charge on any atom is 0.160 e. The van der Waals surface area contributed by atoms with E-state index in [0.29, 0.717) is 0 Å². The molecular formula is C23H41NOS. The number of carbonyl (C=O) groups is 1. The predicted octanol–water partition coefficient (Wildman–Crippen LogP) is 7.65. The molecule has 1 aromatic heterocycles. The highest BCUT2D eigenvalue weighted by Crippen LogP contribution is 2.33. The molecular weight excluding hydrogens is 338 g/mol. The average molecular weight is 380 g/mol. The molecule has 0 saturated carbocycles. The number of anilines is 1. The summed E-state index contributed by atoms with van der Waals surface area (Å²) in [4.78, 5) is 14.9. The summed E-state index contributed by atoms with van der Waals surface area (Å²) in [6.07, 6.45) is 17.7. The number of nitrogens with zero attached hydrogens (tertiary/aromatic N) is 1. The van der Waals surface area contributed by atoms with Crippen LogP contribution in [0.25, 0.3) is 0 Å². The number of aryl methyl sites for hydroxylation is 1. The van der Waals surface area contributed by atoms with Crippen LogP contribution in [0.3, 0.4) is 0 Å². The van der Waals surface area contributed by atoms with Crippen molar-refractivity contribution in [3.8, 4) is 0 Å². The molecule has 0 unspecified atom stereocenters. The topological polar surface area (TPSA) is 20.3 Å². The van der Waals surface area contributed by atoms with Gasteiger partial charge in [0, 0.05) is 13.1 Å². The van der Waals surface area contributed by atoms with Crippen LogP contribution >= 0.6 is 11.3 Å². The van der Waals surface area contributed by atoms with Gasteiger partial charge >= 0.3 is 0 Å². The molecule has 2 nitrogen and oxygen atoms in total. The average Bonchev–Trinajstić information content (AvgIpc) is 3.07. The summed E-state index contributed by atoms with van der Waals surface area (Å²) in [5.41, 5.74) is 1.42. The van der Waals surface area contributed by atoms with Crippen molar-refractivity contribution in [1.82, 2.24) is 0 Å². The zero-order valence-electron chi connectivity index (χ0n) is 17.5. The number of aldehydes is 1. The van der Waals surface area contributed by atoms with Gasteiger partial charge in [0.05, 0.1) is 9.88 Å². The van der Waals surface area contributed by atoms with E-state index in [4.69, 9.17) is 0 Å². The number of unbranched alkanes of at least 4 members (excludes halogenated alkanes) is 9. The second kappa shape index (κ2) is 15.2. The summed E-state index contributed by atoms with van der Waals surface area (Å²) < 4.78 is 0. The SMILES string of the molecule is CCCCCCc1cc(C=O)sc1N(CCCCCC)CCCCCC. The predicted molar refractivity (Wildman–Crippen MR) is 118 cm³/mol.